The molecule has 0 amide bonds. The fourth-order valence-electron chi connectivity index (χ4n) is 2.69. The lowest BCUT2D eigenvalue weighted by molar-refractivity contribution is -0.137. The molecule has 0 aliphatic rings. The van der Waals surface area contributed by atoms with Gasteiger partial charge in [0.1, 0.15) is 0 Å². The zero-order chi connectivity index (χ0) is 20.5. The average Bonchev–Trinajstić information content (AvgIpc) is 2.62. The van der Waals surface area contributed by atoms with Crippen LogP contribution in [0.15, 0.2) is 56.9 Å². The predicted octanol–water partition coefficient (Wildman–Crippen LogP) is 4.85. The summed E-state index contributed by atoms with van der Waals surface area (Å²) in [6.45, 7) is 1.60. The van der Waals surface area contributed by atoms with E-state index in [1.165, 1.54) is 10.6 Å². The Balaban J connectivity index is 1.98. The van der Waals surface area contributed by atoms with Gasteiger partial charge in [0, 0.05) is 10.2 Å². The number of thioether (sulfide) groups is 1. The monoisotopic (exact) mass is 472 g/mol. The van der Waals surface area contributed by atoms with Gasteiger partial charge in [-0.25, -0.2) is 4.98 Å². The summed E-state index contributed by atoms with van der Waals surface area (Å²) in [7, 11) is 0. The van der Waals surface area contributed by atoms with Crippen molar-refractivity contribution >= 4 is 38.6 Å². The standard InChI is InChI=1S/C19H16BrF3N2O2S/c1-11(26)9-25-17(27)15-8-14(20)5-6-16(15)24-18(25)28-10-12-3-2-4-13(7-12)19(21,22)23/h2-8,11,26H,9-10H2,1H3/t11-/m0/s1. The predicted molar refractivity (Wildman–Crippen MR) is 106 cm³/mol. The van der Waals surface area contributed by atoms with E-state index < -0.39 is 17.8 Å². The summed E-state index contributed by atoms with van der Waals surface area (Å²) in [5.41, 5.74) is -0.0720. The molecule has 0 aliphatic carbocycles. The first-order valence-electron chi connectivity index (χ1n) is 8.32. The van der Waals surface area contributed by atoms with Crippen LogP contribution in [0.3, 0.4) is 0 Å². The van der Waals surface area contributed by atoms with Crippen molar-refractivity contribution in [1.82, 2.24) is 9.55 Å². The van der Waals surface area contributed by atoms with Crippen molar-refractivity contribution in [2.24, 2.45) is 0 Å². The van der Waals surface area contributed by atoms with Gasteiger partial charge in [0.05, 0.1) is 29.1 Å². The Labute approximate surface area is 171 Å². The van der Waals surface area contributed by atoms with Gasteiger partial charge in [-0.05, 0) is 36.8 Å². The summed E-state index contributed by atoms with van der Waals surface area (Å²) in [4.78, 5) is 17.4. The second-order valence-electron chi connectivity index (χ2n) is 6.31. The van der Waals surface area contributed by atoms with E-state index in [0.29, 0.717) is 21.6 Å². The van der Waals surface area contributed by atoms with Crippen LogP contribution in [-0.2, 0) is 18.5 Å². The van der Waals surface area contributed by atoms with Crippen LogP contribution >= 0.6 is 27.7 Å². The zero-order valence-electron chi connectivity index (χ0n) is 14.7. The lowest BCUT2D eigenvalue weighted by Gasteiger charge is -2.15. The van der Waals surface area contributed by atoms with E-state index in [1.54, 1.807) is 31.2 Å². The molecule has 0 radical (unpaired) electrons. The molecule has 28 heavy (non-hydrogen) atoms. The number of hydrogen-bond acceptors (Lipinski definition) is 4. The number of nitrogens with zero attached hydrogens (tertiary/aromatic N) is 2. The Kier molecular flexibility index (Phi) is 6.16. The van der Waals surface area contributed by atoms with E-state index in [9.17, 15) is 23.1 Å². The molecule has 1 aromatic heterocycles. The van der Waals surface area contributed by atoms with Crippen molar-refractivity contribution < 1.29 is 18.3 Å². The number of aliphatic hydroxyl groups excluding tert-OH is 1. The van der Waals surface area contributed by atoms with E-state index >= 15 is 0 Å². The third-order valence-corrected chi connectivity index (χ3v) is 5.49. The van der Waals surface area contributed by atoms with Gasteiger partial charge in [-0.15, -0.1) is 0 Å². The van der Waals surface area contributed by atoms with Gasteiger partial charge < -0.3 is 5.11 Å². The van der Waals surface area contributed by atoms with Crippen LogP contribution in [0, 0.1) is 0 Å². The Morgan fingerprint density at radius 3 is 2.68 bits per heavy atom. The quantitative estimate of drug-likeness (QED) is 0.425. The molecular formula is C19H16BrF3N2O2S. The minimum absolute atomic E-state index is 0.0409. The second kappa shape index (κ2) is 8.26. The number of aromatic nitrogens is 2. The normalized spacial score (nSPS) is 13.1. The lowest BCUT2D eigenvalue weighted by Crippen LogP contribution is -2.27. The fraction of sp³-hybridized carbons (Fsp3) is 0.263. The molecule has 0 saturated heterocycles. The second-order valence-corrected chi connectivity index (χ2v) is 8.17. The smallest absolute Gasteiger partial charge is 0.392 e. The Morgan fingerprint density at radius 1 is 1.25 bits per heavy atom. The molecule has 1 atom stereocenters. The molecule has 0 fully saturated rings. The van der Waals surface area contributed by atoms with Crippen LogP contribution in [0.1, 0.15) is 18.1 Å². The minimum Gasteiger partial charge on any atom is -0.392 e. The maximum atomic E-state index is 12.9. The van der Waals surface area contributed by atoms with E-state index in [4.69, 9.17) is 0 Å². The lowest BCUT2D eigenvalue weighted by atomic mass is 10.1. The van der Waals surface area contributed by atoms with E-state index in [2.05, 4.69) is 20.9 Å². The number of rotatable bonds is 5. The van der Waals surface area contributed by atoms with Crippen LogP contribution in [-0.4, -0.2) is 20.8 Å². The zero-order valence-corrected chi connectivity index (χ0v) is 17.1. The molecule has 0 bridgehead atoms. The molecular weight excluding hydrogens is 457 g/mol. The van der Waals surface area contributed by atoms with Crippen LogP contribution in [0.5, 0.6) is 0 Å². The number of benzene rings is 2. The topological polar surface area (TPSA) is 55.1 Å². The number of aliphatic hydroxyl groups is 1. The molecule has 9 heteroatoms. The van der Waals surface area contributed by atoms with Crippen LogP contribution in [0.25, 0.3) is 10.9 Å². The largest absolute Gasteiger partial charge is 0.416 e. The average molecular weight is 473 g/mol. The summed E-state index contributed by atoms with van der Waals surface area (Å²) in [5, 5.41) is 10.5. The van der Waals surface area contributed by atoms with Crippen molar-refractivity contribution in [2.75, 3.05) is 0 Å². The number of halogens is 4. The van der Waals surface area contributed by atoms with Crippen molar-refractivity contribution in [3.8, 4) is 0 Å². The molecule has 0 spiro atoms. The van der Waals surface area contributed by atoms with Gasteiger partial charge in [-0.1, -0.05) is 45.9 Å². The fourth-order valence-corrected chi connectivity index (χ4v) is 4.01. The summed E-state index contributed by atoms with van der Waals surface area (Å²) < 4.78 is 40.8. The third kappa shape index (κ3) is 4.76. The summed E-state index contributed by atoms with van der Waals surface area (Å²) in [6.07, 6.45) is -5.19. The van der Waals surface area contributed by atoms with Gasteiger partial charge in [0.2, 0.25) is 0 Å². The molecule has 148 valence electrons. The molecule has 1 N–H and O–H groups in total. The number of fused-ring (bicyclic) bond motifs is 1. The Bertz CT molecular complexity index is 1070. The van der Waals surface area contributed by atoms with E-state index in [-0.39, 0.29) is 17.9 Å². The summed E-state index contributed by atoms with van der Waals surface area (Å²) in [5.74, 6) is 0.207. The van der Waals surface area contributed by atoms with Crippen LogP contribution < -0.4 is 5.56 Å². The van der Waals surface area contributed by atoms with E-state index in [0.717, 1.165) is 28.4 Å². The highest BCUT2D eigenvalue weighted by Crippen LogP contribution is 2.31. The maximum Gasteiger partial charge on any atom is 0.416 e. The molecule has 0 saturated carbocycles. The third-order valence-electron chi connectivity index (χ3n) is 3.95. The van der Waals surface area contributed by atoms with Crippen molar-refractivity contribution in [3.05, 3.63) is 68.4 Å². The van der Waals surface area contributed by atoms with Crippen LogP contribution in [0.2, 0.25) is 0 Å². The van der Waals surface area contributed by atoms with E-state index in [1.807, 2.05) is 0 Å². The Hall–Kier alpha value is -1.84. The first kappa shape index (κ1) is 20.9. The van der Waals surface area contributed by atoms with Gasteiger partial charge in [0.15, 0.2) is 5.16 Å². The van der Waals surface area contributed by atoms with Gasteiger partial charge in [-0.3, -0.25) is 9.36 Å². The minimum atomic E-state index is -4.41. The highest BCUT2D eigenvalue weighted by Gasteiger charge is 2.30. The molecule has 3 aromatic rings. The van der Waals surface area contributed by atoms with Crippen molar-refractivity contribution in [1.29, 1.82) is 0 Å². The molecule has 0 aliphatic heterocycles. The SMILES string of the molecule is C[C@H](O)Cn1c(SCc2cccc(C(F)(F)F)c2)nc2ccc(Br)cc2c1=O. The first-order chi connectivity index (χ1) is 13.1. The summed E-state index contributed by atoms with van der Waals surface area (Å²) >= 11 is 4.48. The highest BCUT2D eigenvalue weighted by atomic mass is 79.9. The first-order valence-corrected chi connectivity index (χ1v) is 10.1. The van der Waals surface area contributed by atoms with Gasteiger partial charge >= 0.3 is 6.18 Å². The number of hydrogen-bond donors (Lipinski definition) is 1. The molecule has 1 heterocycles. The Morgan fingerprint density at radius 2 is 2.00 bits per heavy atom. The van der Waals surface area contributed by atoms with Crippen molar-refractivity contribution in [3.63, 3.8) is 0 Å². The molecule has 2 aromatic carbocycles. The molecule has 4 nitrogen and oxygen atoms in total. The molecule has 0 unspecified atom stereocenters. The summed E-state index contributed by atoms with van der Waals surface area (Å²) in [6, 6.07) is 10.2. The molecule has 3 rings (SSSR count). The van der Waals surface area contributed by atoms with Gasteiger partial charge in [0.25, 0.3) is 5.56 Å². The highest BCUT2D eigenvalue weighted by molar-refractivity contribution is 9.10. The van der Waals surface area contributed by atoms with Crippen LogP contribution in [0.4, 0.5) is 13.2 Å². The maximum absolute atomic E-state index is 12.9. The van der Waals surface area contributed by atoms with Crippen molar-refractivity contribution in [2.45, 2.75) is 36.7 Å². The van der Waals surface area contributed by atoms with Gasteiger partial charge in [-0.2, -0.15) is 13.2 Å². The number of alkyl halides is 3.